The van der Waals surface area contributed by atoms with Gasteiger partial charge in [0.15, 0.2) is 0 Å². The molecule has 31 heavy (non-hydrogen) atoms. The molecule has 6 nitrogen and oxygen atoms in total. The highest BCUT2D eigenvalue weighted by molar-refractivity contribution is 6.31. The minimum atomic E-state index is -4.80. The quantitative estimate of drug-likeness (QED) is 0.437. The summed E-state index contributed by atoms with van der Waals surface area (Å²) in [5, 5.41) is 16.0. The number of aliphatic hydroxyl groups is 1. The highest BCUT2D eigenvalue weighted by Gasteiger charge is 2.31. The van der Waals surface area contributed by atoms with Crippen LogP contribution in [0, 0.1) is 6.92 Å². The second-order valence-corrected chi connectivity index (χ2v) is 7.26. The van der Waals surface area contributed by atoms with E-state index >= 15 is 0 Å². The number of hydrogen-bond donors (Lipinski definition) is 3. The molecule has 1 atom stereocenters. The van der Waals surface area contributed by atoms with Gasteiger partial charge in [0.2, 0.25) is 5.95 Å². The third-order valence-electron chi connectivity index (χ3n) is 4.18. The number of nitrogens with zero attached hydrogens (tertiary/aromatic N) is 2. The Morgan fingerprint density at radius 2 is 1.90 bits per heavy atom. The zero-order valence-electron chi connectivity index (χ0n) is 16.7. The van der Waals surface area contributed by atoms with E-state index in [4.69, 9.17) is 11.6 Å². The topological polar surface area (TPSA) is 79.3 Å². The molecule has 0 aliphatic rings. The maximum absolute atomic E-state index is 12.6. The van der Waals surface area contributed by atoms with Crippen molar-refractivity contribution in [2.45, 2.75) is 26.3 Å². The lowest BCUT2D eigenvalue weighted by Crippen LogP contribution is -2.21. The van der Waals surface area contributed by atoms with E-state index in [9.17, 15) is 18.3 Å². The van der Waals surface area contributed by atoms with E-state index < -0.39 is 6.36 Å². The van der Waals surface area contributed by atoms with Crippen LogP contribution in [0.1, 0.15) is 12.5 Å². The lowest BCUT2D eigenvalue weighted by Gasteiger charge is -2.15. The maximum Gasteiger partial charge on any atom is 0.573 e. The molecule has 0 unspecified atom stereocenters. The lowest BCUT2D eigenvalue weighted by molar-refractivity contribution is -0.274. The molecule has 3 rings (SSSR count). The van der Waals surface area contributed by atoms with Crippen LogP contribution in [0.25, 0.3) is 11.3 Å². The van der Waals surface area contributed by atoms with Crippen molar-refractivity contribution in [1.29, 1.82) is 0 Å². The molecule has 1 aromatic heterocycles. The van der Waals surface area contributed by atoms with Gasteiger partial charge in [-0.05, 0) is 43.7 Å². The largest absolute Gasteiger partial charge is 0.573 e. The number of alkyl halides is 3. The van der Waals surface area contributed by atoms with Crippen molar-refractivity contribution >= 4 is 29.1 Å². The van der Waals surface area contributed by atoms with E-state index in [0.717, 1.165) is 5.56 Å². The van der Waals surface area contributed by atoms with E-state index in [2.05, 4.69) is 25.3 Å². The number of aryl methyl sites for hydroxylation is 1. The molecule has 0 fully saturated rings. The normalized spacial score (nSPS) is 12.4. The molecule has 0 amide bonds. The van der Waals surface area contributed by atoms with E-state index in [1.54, 1.807) is 25.1 Å². The smallest absolute Gasteiger partial charge is 0.406 e. The van der Waals surface area contributed by atoms with Gasteiger partial charge in [-0.15, -0.1) is 13.2 Å². The summed E-state index contributed by atoms with van der Waals surface area (Å²) < 4.78 is 41.8. The van der Waals surface area contributed by atoms with Crippen LogP contribution in [0.5, 0.6) is 5.75 Å². The summed E-state index contributed by atoms with van der Waals surface area (Å²) >= 11 is 6.18. The average molecular weight is 453 g/mol. The summed E-state index contributed by atoms with van der Waals surface area (Å²) in [5.74, 6) is 0.225. The van der Waals surface area contributed by atoms with Crippen LogP contribution >= 0.6 is 11.6 Å². The molecule has 0 aliphatic heterocycles. The molecule has 2 aromatic carbocycles. The van der Waals surface area contributed by atoms with Gasteiger partial charge in [-0.25, -0.2) is 4.98 Å². The Kier molecular flexibility index (Phi) is 6.87. The van der Waals surface area contributed by atoms with E-state index in [1.807, 2.05) is 19.1 Å². The molecule has 0 saturated carbocycles. The molecule has 10 heteroatoms. The first-order valence-electron chi connectivity index (χ1n) is 9.29. The Labute approximate surface area is 182 Å². The minimum absolute atomic E-state index is 0.154. The molecule has 164 valence electrons. The number of hydrogen-bond acceptors (Lipinski definition) is 6. The predicted molar refractivity (Wildman–Crippen MR) is 114 cm³/mol. The van der Waals surface area contributed by atoms with Gasteiger partial charge in [0.05, 0.1) is 12.3 Å². The molecule has 3 aromatic rings. The number of aliphatic hydroxyl groups excluding tert-OH is 1. The van der Waals surface area contributed by atoms with Crippen molar-refractivity contribution < 1.29 is 23.0 Å². The number of ether oxygens (including phenoxy) is 1. The Bertz CT molecular complexity index is 1060. The molecule has 1 heterocycles. The molecule has 3 N–H and O–H groups in total. The van der Waals surface area contributed by atoms with Gasteiger partial charge in [0.25, 0.3) is 0 Å². The van der Waals surface area contributed by atoms with Gasteiger partial charge in [-0.2, -0.15) is 4.98 Å². The van der Waals surface area contributed by atoms with Crippen molar-refractivity contribution in [3.05, 3.63) is 59.1 Å². The number of benzene rings is 2. The first kappa shape index (κ1) is 22.6. The Hall–Kier alpha value is -3.04. The van der Waals surface area contributed by atoms with Gasteiger partial charge < -0.3 is 20.5 Å². The third kappa shape index (κ3) is 6.47. The van der Waals surface area contributed by atoms with Gasteiger partial charge in [-0.1, -0.05) is 29.8 Å². The predicted octanol–water partition coefficient (Wildman–Crippen LogP) is 5.54. The van der Waals surface area contributed by atoms with Crippen LogP contribution in [0.15, 0.2) is 48.5 Å². The summed E-state index contributed by atoms with van der Waals surface area (Å²) in [5.41, 5.74) is 2.34. The molecule has 0 saturated heterocycles. The average Bonchev–Trinajstić information content (AvgIpc) is 2.69. The van der Waals surface area contributed by atoms with Crippen molar-refractivity contribution in [3.63, 3.8) is 0 Å². The molecule has 0 spiro atoms. The number of nitrogens with one attached hydrogen (secondary N) is 2. The summed E-state index contributed by atoms with van der Waals surface area (Å²) in [6.07, 6.45) is -4.80. The second kappa shape index (κ2) is 9.40. The van der Waals surface area contributed by atoms with Crippen LogP contribution in [0.3, 0.4) is 0 Å². The molecule has 0 bridgehead atoms. The second-order valence-electron chi connectivity index (χ2n) is 6.85. The monoisotopic (exact) mass is 452 g/mol. The fourth-order valence-electron chi connectivity index (χ4n) is 2.66. The highest BCUT2D eigenvalue weighted by Crippen LogP contribution is 2.30. The molecular formula is C21H20ClF3N4O2. The molecule has 0 aliphatic carbocycles. The van der Waals surface area contributed by atoms with Crippen molar-refractivity contribution in [3.8, 4) is 17.0 Å². The standard InChI is InChI=1S/C21H20ClF3N4O2/c1-12-6-7-15(9-17(12)22)27-19-10-18(28-20(29-19)26-13(2)11-30)14-4-3-5-16(8-14)31-21(23,24)25/h3-10,13,30H,11H2,1-2H3,(H2,26,27,28,29)/t13-/m0/s1. The van der Waals surface area contributed by atoms with Crippen LogP contribution < -0.4 is 15.4 Å². The summed E-state index contributed by atoms with van der Waals surface area (Å²) in [4.78, 5) is 8.74. The first-order valence-corrected chi connectivity index (χ1v) is 9.66. The van der Waals surface area contributed by atoms with Gasteiger partial charge in [-0.3, -0.25) is 0 Å². The molecule has 0 radical (unpaired) electrons. The summed E-state index contributed by atoms with van der Waals surface area (Å²) in [6.45, 7) is 3.46. The van der Waals surface area contributed by atoms with Gasteiger partial charge in [0.1, 0.15) is 11.6 Å². The third-order valence-corrected chi connectivity index (χ3v) is 4.59. The number of rotatable bonds is 7. The zero-order chi connectivity index (χ0) is 22.6. The first-order chi connectivity index (χ1) is 14.6. The zero-order valence-corrected chi connectivity index (χ0v) is 17.4. The van der Waals surface area contributed by atoms with Gasteiger partial charge >= 0.3 is 6.36 Å². The number of anilines is 3. The summed E-state index contributed by atoms with van der Waals surface area (Å²) in [6, 6.07) is 12.2. The Balaban J connectivity index is 1.99. The molecular weight excluding hydrogens is 433 g/mol. The minimum Gasteiger partial charge on any atom is -0.406 e. The Morgan fingerprint density at radius 3 is 2.58 bits per heavy atom. The van der Waals surface area contributed by atoms with Crippen LogP contribution in [0.4, 0.5) is 30.6 Å². The Morgan fingerprint density at radius 1 is 1.13 bits per heavy atom. The van der Waals surface area contributed by atoms with E-state index in [-0.39, 0.29) is 24.3 Å². The van der Waals surface area contributed by atoms with E-state index in [0.29, 0.717) is 27.8 Å². The van der Waals surface area contributed by atoms with Crippen LogP contribution in [-0.2, 0) is 0 Å². The van der Waals surface area contributed by atoms with Crippen LogP contribution in [-0.4, -0.2) is 34.1 Å². The SMILES string of the molecule is Cc1ccc(Nc2cc(-c3cccc(OC(F)(F)F)c3)nc(N[C@@H](C)CO)n2)cc1Cl. The lowest BCUT2D eigenvalue weighted by atomic mass is 10.1. The van der Waals surface area contributed by atoms with E-state index in [1.165, 1.54) is 18.2 Å². The summed E-state index contributed by atoms with van der Waals surface area (Å²) in [7, 11) is 0. The van der Waals surface area contributed by atoms with Crippen LogP contribution in [0.2, 0.25) is 5.02 Å². The fourth-order valence-corrected chi connectivity index (χ4v) is 2.84. The van der Waals surface area contributed by atoms with Crippen molar-refractivity contribution in [2.75, 3.05) is 17.2 Å². The van der Waals surface area contributed by atoms with Gasteiger partial charge in [0, 0.05) is 28.4 Å². The van der Waals surface area contributed by atoms with Crippen molar-refractivity contribution in [1.82, 2.24) is 9.97 Å². The highest BCUT2D eigenvalue weighted by atomic mass is 35.5. The maximum atomic E-state index is 12.6. The number of halogens is 4. The number of aromatic nitrogens is 2. The van der Waals surface area contributed by atoms with Crippen molar-refractivity contribution in [2.24, 2.45) is 0 Å². The fraction of sp³-hybridized carbons (Fsp3) is 0.238.